The number of nitriles is 1. The first-order valence-electron chi connectivity index (χ1n) is 13.0. The highest BCUT2D eigenvalue weighted by atomic mass is 32.1. The molecule has 0 spiro atoms. The fourth-order valence-electron chi connectivity index (χ4n) is 4.97. The summed E-state index contributed by atoms with van der Waals surface area (Å²) in [6.45, 7) is 5.47. The third-order valence-corrected chi connectivity index (χ3v) is 8.33. The van der Waals surface area contributed by atoms with Crippen molar-refractivity contribution in [1.29, 1.82) is 5.26 Å². The number of methoxy groups -OCH3 is 1. The molecule has 0 radical (unpaired) electrons. The number of rotatable bonds is 11. The first-order chi connectivity index (χ1) is 18.4. The minimum Gasteiger partial charge on any atom is -0.497 e. The molecule has 1 aliphatic carbocycles. The number of fused-ring (bicyclic) bond motifs is 1. The van der Waals surface area contributed by atoms with Gasteiger partial charge in [-0.1, -0.05) is 19.1 Å². The van der Waals surface area contributed by atoms with Crippen LogP contribution in [-0.4, -0.2) is 35.4 Å². The van der Waals surface area contributed by atoms with Crippen LogP contribution >= 0.6 is 11.3 Å². The molecule has 1 aliphatic rings. The molecule has 2 atom stereocenters. The van der Waals surface area contributed by atoms with Crippen LogP contribution in [0.5, 0.6) is 5.75 Å². The number of carbonyl (C=O) groups is 2. The molecule has 2 aromatic heterocycles. The molecule has 4 rings (SSSR count). The summed E-state index contributed by atoms with van der Waals surface area (Å²) >= 11 is 1.57. The van der Waals surface area contributed by atoms with E-state index in [9.17, 15) is 14.9 Å². The molecule has 200 valence electrons. The van der Waals surface area contributed by atoms with Crippen molar-refractivity contribution in [1.82, 2.24) is 15.1 Å². The third kappa shape index (κ3) is 6.62. The number of ether oxygens (including phenoxy) is 2. The predicted octanol–water partition coefficient (Wildman–Crippen LogP) is 5.18. The molecule has 9 heteroatoms. The zero-order chi connectivity index (χ0) is 27.1. The second-order valence-corrected chi connectivity index (χ2v) is 10.9. The second kappa shape index (κ2) is 12.7. The van der Waals surface area contributed by atoms with Gasteiger partial charge in [0.1, 0.15) is 17.6 Å². The van der Waals surface area contributed by atoms with Crippen molar-refractivity contribution < 1.29 is 19.1 Å². The van der Waals surface area contributed by atoms with E-state index in [4.69, 9.17) is 9.47 Å². The lowest BCUT2D eigenvalue weighted by Gasteiger charge is -2.22. The highest BCUT2D eigenvalue weighted by molar-refractivity contribution is 7.12. The number of hydrogen-bond acceptors (Lipinski definition) is 7. The number of Topliss-reactive ketones (excluding diaryl/α,β-unsaturated/α-hetero) is 1. The van der Waals surface area contributed by atoms with Gasteiger partial charge in [-0.05, 0) is 67.3 Å². The second-order valence-electron chi connectivity index (χ2n) is 9.71. The van der Waals surface area contributed by atoms with Crippen molar-refractivity contribution in [2.75, 3.05) is 13.7 Å². The van der Waals surface area contributed by atoms with Gasteiger partial charge in [0.2, 0.25) is 0 Å². The number of thiophene rings is 1. The molecule has 2 unspecified atom stereocenters. The summed E-state index contributed by atoms with van der Waals surface area (Å²) in [5, 5.41) is 16.8. The number of hydrogen-bond donors (Lipinski definition) is 1. The van der Waals surface area contributed by atoms with E-state index in [1.54, 1.807) is 24.6 Å². The summed E-state index contributed by atoms with van der Waals surface area (Å²) in [6.07, 6.45) is 4.30. The monoisotopic (exact) mass is 534 g/mol. The topological polar surface area (TPSA) is 106 Å². The normalized spacial score (nSPS) is 15.3. The first-order valence-corrected chi connectivity index (χ1v) is 13.8. The quantitative estimate of drug-likeness (QED) is 0.363. The highest BCUT2D eigenvalue weighted by Gasteiger charge is 2.27. The van der Waals surface area contributed by atoms with Crippen molar-refractivity contribution in [2.45, 2.75) is 65.0 Å². The highest BCUT2D eigenvalue weighted by Crippen LogP contribution is 2.37. The van der Waals surface area contributed by atoms with Gasteiger partial charge in [0, 0.05) is 35.3 Å². The molecular weight excluding hydrogens is 500 g/mol. The molecular formula is C29H34N4O4S. The maximum absolute atomic E-state index is 13.0. The van der Waals surface area contributed by atoms with E-state index in [1.165, 1.54) is 0 Å². The minimum absolute atomic E-state index is 0.0629. The van der Waals surface area contributed by atoms with Gasteiger partial charge in [-0.25, -0.2) is 4.79 Å². The zero-order valence-corrected chi connectivity index (χ0v) is 23.0. The van der Waals surface area contributed by atoms with Crippen LogP contribution in [0, 0.1) is 17.2 Å². The number of carbonyl (C=O) groups excluding carboxylic acids is 2. The van der Waals surface area contributed by atoms with E-state index in [0.29, 0.717) is 25.1 Å². The Hall–Kier alpha value is -3.64. The Labute approximate surface area is 227 Å². The Bertz CT molecular complexity index is 1320. The van der Waals surface area contributed by atoms with Crippen LogP contribution in [0.3, 0.4) is 0 Å². The molecule has 0 fully saturated rings. The summed E-state index contributed by atoms with van der Waals surface area (Å²) in [5.41, 5.74) is 3.72. The lowest BCUT2D eigenvalue weighted by molar-refractivity contribution is -0.118. The van der Waals surface area contributed by atoms with Gasteiger partial charge in [0.25, 0.3) is 0 Å². The number of nitrogens with zero attached hydrogens (tertiary/aromatic N) is 3. The van der Waals surface area contributed by atoms with Gasteiger partial charge < -0.3 is 14.8 Å². The maximum Gasteiger partial charge on any atom is 0.407 e. The van der Waals surface area contributed by atoms with Gasteiger partial charge >= 0.3 is 6.09 Å². The number of ketones is 1. The number of amides is 1. The molecule has 1 N–H and O–H groups in total. The Morgan fingerprint density at radius 3 is 2.95 bits per heavy atom. The van der Waals surface area contributed by atoms with Crippen molar-refractivity contribution in [2.24, 2.45) is 5.92 Å². The number of aromatic nitrogens is 2. The van der Waals surface area contributed by atoms with Gasteiger partial charge in [-0.2, -0.15) is 10.4 Å². The molecule has 1 aromatic carbocycles. The molecule has 2 heterocycles. The molecule has 8 nitrogen and oxygen atoms in total. The average Bonchev–Trinajstić information content (AvgIpc) is 3.53. The largest absolute Gasteiger partial charge is 0.497 e. The average molecular weight is 535 g/mol. The third-order valence-electron chi connectivity index (χ3n) is 7.07. The van der Waals surface area contributed by atoms with Crippen LogP contribution in [0.4, 0.5) is 4.79 Å². The number of alkyl carbamates (subject to hydrolysis) is 1. The maximum atomic E-state index is 13.0. The lowest BCUT2D eigenvalue weighted by Crippen LogP contribution is -2.28. The molecule has 38 heavy (non-hydrogen) atoms. The van der Waals surface area contributed by atoms with E-state index < -0.39 is 6.09 Å². The van der Waals surface area contributed by atoms with Crippen LogP contribution in [0.25, 0.3) is 0 Å². The molecule has 0 aliphatic heterocycles. The number of nitrogens with one attached hydrogen (secondary N) is 1. The molecule has 0 bridgehead atoms. The van der Waals surface area contributed by atoms with Crippen molar-refractivity contribution in [3.05, 3.63) is 68.7 Å². The van der Waals surface area contributed by atoms with Crippen molar-refractivity contribution >= 4 is 23.2 Å². The van der Waals surface area contributed by atoms with Crippen molar-refractivity contribution in [3.8, 4) is 11.8 Å². The van der Waals surface area contributed by atoms with Crippen LogP contribution in [0.15, 0.2) is 36.5 Å². The molecule has 0 saturated heterocycles. The fraction of sp³-hybridized carbons (Fsp3) is 0.448. The van der Waals surface area contributed by atoms with Crippen LogP contribution in [-0.2, 0) is 41.9 Å². The van der Waals surface area contributed by atoms with Crippen LogP contribution in [0.1, 0.15) is 64.7 Å². The van der Waals surface area contributed by atoms with Gasteiger partial charge in [-0.3, -0.25) is 9.48 Å². The van der Waals surface area contributed by atoms with E-state index in [2.05, 4.69) is 16.5 Å². The molecule has 1 amide bonds. The van der Waals surface area contributed by atoms with Gasteiger partial charge in [-0.15, -0.1) is 11.3 Å². The van der Waals surface area contributed by atoms with Gasteiger partial charge in [0.15, 0.2) is 0 Å². The summed E-state index contributed by atoms with van der Waals surface area (Å²) in [7, 11) is 1.63. The van der Waals surface area contributed by atoms with Crippen LogP contribution in [0.2, 0.25) is 0 Å². The SMILES string of the molecule is CCn1nccc1CNC(=O)OCC1CCc2c(sc(CC(=O)CC(C)c3cccc(OC)c3)c2C#N)C1. The summed E-state index contributed by atoms with van der Waals surface area (Å²) in [5.74, 6) is 1.15. The summed E-state index contributed by atoms with van der Waals surface area (Å²) in [6, 6.07) is 12.0. The predicted molar refractivity (Wildman–Crippen MR) is 145 cm³/mol. The Morgan fingerprint density at radius 2 is 2.18 bits per heavy atom. The fourth-order valence-corrected chi connectivity index (χ4v) is 6.42. The Kier molecular flexibility index (Phi) is 9.19. The number of benzene rings is 1. The summed E-state index contributed by atoms with van der Waals surface area (Å²) in [4.78, 5) is 27.2. The number of aryl methyl sites for hydroxylation is 1. The van der Waals surface area contributed by atoms with E-state index in [1.807, 2.05) is 48.9 Å². The zero-order valence-electron chi connectivity index (χ0n) is 22.2. The molecule has 0 saturated carbocycles. The van der Waals surface area contributed by atoms with Crippen LogP contribution < -0.4 is 10.1 Å². The molecule has 3 aromatic rings. The Morgan fingerprint density at radius 1 is 1.34 bits per heavy atom. The first kappa shape index (κ1) is 27.4. The van der Waals surface area contributed by atoms with Crippen molar-refractivity contribution in [3.63, 3.8) is 0 Å². The smallest absolute Gasteiger partial charge is 0.407 e. The lowest BCUT2D eigenvalue weighted by atomic mass is 9.87. The Balaban J connectivity index is 1.30. The standard InChI is InChI=1S/C29H34N4O4S/c1-4-33-22(10-11-32-33)17-31-29(35)37-18-20-8-9-25-26(16-30)28(38-27(25)13-20)15-23(34)12-19(2)21-6-5-7-24(14-21)36-3/h5-7,10-11,14,19-20H,4,8-9,12-13,15,17-18H2,1-3H3,(H,31,35). The van der Waals surface area contributed by atoms with E-state index in [-0.39, 0.29) is 24.0 Å². The van der Waals surface area contributed by atoms with E-state index >= 15 is 0 Å². The van der Waals surface area contributed by atoms with Gasteiger partial charge in [0.05, 0.1) is 31.5 Å². The van der Waals surface area contributed by atoms with E-state index in [0.717, 1.165) is 58.1 Å². The minimum atomic E-state index is -0.444. The summed E-state index contributed by atoms with van der Waals surface area (Å²) < 4.78 is 12.6.